The van der Waals surface area contributed by atoms with Crippen LogP contribution in [-0.2, 0) is 4.79 Å². The Hall–Kier alpha value is -2.47. The smallest absolute Gasteiger partial charge is 0.316 e. The maximum atomic E-state index is 12.2. The van der Waals surface area contributed by atoms with Crippen LogP contribution in [0, 0.1) is 0 Å². The van der Waals surface area contributed by atoms with Gasteiger partial charge in [-0.25, -0.2) is 9.97 Å². The number of nitrogens with one attached hydrogen (secondary N) is 1. The summed E-state index contributed by atoms with van der Waals surface area (Å²) in [7, 11) is 0. The van der Waals surface area contributed by atoms with Crippen molar-refractivity contribution < 1.29 is 14.6 Å². The number of carbonyl (C=O) groups is 1. The number of ether oxygens (including phenoxy) is 1. The van der Waals surface area contributed by atoms with Crippen molar-refractivity contribution in [2.75, 3.05) is 0 Å². The summed E-state index contributed by atoms with van der Waals surface area (Å²) in [4.78, 5) is 20.3. The predicted octanol–water partition coefficient (Wildman–Crippen LogP) is 2.02. The van der Waals surface area contributed by atoms with Gasteiger partial charge in [0.25, 0.3) is 5.91 Å². The highest BCUT2D eigenvalue weighted by Crippen LogP contribution is 2.23. The van der Waals surface area contributed by atoms with E-state index in [4.69, 9.17) is 4.74 Å². The Balaban J connectivity index is 1.46. The first-order valence-electron chi connectivity index (χ1n) is 8.19. The number of benzene rings is 1. The van der Waals surface area contributed by atoms with Crippen molar-refractivity contribution in [1.82, 2.24) is 15.3 Å². The third kappa shape index (κ3) is 4.29. The lowest BCUT2D eigenvalue weighted by molar-refractivity contribution is -0.130. The van der Waals surface area contributed by atoms with E-state index in [0.29, 0.717) is 11.6 Å². The van der Waals surface area contributed by atoms with Crippen LogP contribution in [0.1, 0.15) is 37.4 Å². The fraction of sp³-hybridized carbons (Fsp3) is 0.389. The molecule has 1 saturated carbocycles. The minimum absolute atomic E-state index is 0.0624. The second kappa shape index (κ2) is 7.88. The molecule has 3 rings (SSSR count). The molecule has 126 valence electrons. The summed E-state index contributed by atoms with van der Waals surface area (Å²) in [6.45, 7) is 0. The van der Waals surface area contributed by atoms with E-state index in [9.17, 15) is 9.90 Å². The van der Waals surface area contributed by atoms with E-state index >= 15 is 0 Å². The van der Waals surface area contributed by atoms with E-state index in [-0.39, 0.29) is 18.1 Å². The maximum Gasteiger partial charge on any atom is 0.316 e. The molecule has 2 N–H and O–H groups in total. The van der Waals surface area contributed by atoms with E-state index in [0.717, 1.165) is 25.7 Å². The highest BCUT2D eigenvalue weighted by molar-refractivity contribution is 5.82. The Morgan fingerprint density at radius 2 is 1.75 bits per heavy atom. The van der Waals surface area contributed by atoms with Crippen molar-refractivity contribution >= 4 is 5.91 Å². The number of hydrogen-bond acceptors (Lipinski definition) is 5. The van der Waals surface area contributed by atoms with Crippen LogP contribution in [0.2, 0.25) is 0 Å². The molecule has 6 nitrogen and oxygen atoms in total. The van der Waals surface area contributed by atoms with Crippen LogP contribution >= 0.6 is 0 Å². The highest BCUT2D eigenvalue weighted by atomic mass is 16.5. The summed E-state index contributed by atoms with van der Waals surface area (Å²) in [5.41, 5.74) is 0.605. The summed E-state index contributed by atoms with van der Waals surface area (Å²) in [6, 6.07) is 11.2. The largest absolute Gasteiger partial charge is 0.460 e. The van der Waals surface area contributed by atoms with Crippen molar-refractivity contribution in [3.63, 3.8) is 0 Å². The number of rotatable bonds is 5. The fourth-order valence-corrected chi connectivity index (χ4v) is 2.89. The van der Waals surface area contributed by atoms with Gasteiger partial charge in [-0.3, -0.25) is 4.79 Å². The molecule has 1 aromatic heterocycles. The van der Waals surface area contributed by atoms with Crippen molar-refractivity contribution in [3.05, 3.63) is 54.4 Å². The SMILES string of the molecule is O=C(NC1CCC(Oc2ncccn2)CC1)[C@@H](O)c1ccccc1. The lowest BCUT2D eigenvalue weighted by atomic mass is 9.92. The van der Waals surface area contributed by atoms with Gasteiger partial charge in [0.2, 0.25) is 0 Å². The zero-order valence-corrected chi connectivity index (χ0v) is 13.3. The van der Waals surface area contributed by atoms with Gasteiger partial charge in [0.05, 0.1) is 0 Å². The molecule has 1 aromatic carbocycles. The zero-order chi connectivity index (χ0) is 16.8. The molecule has 0 saturated heterocycles. The average Bonchev–Trinajstić information content (AvgIpc) is 2.64. The standard InChI is InChI=1S/C18H21N3O3/c22-16(13-5-2-1-3-6-13)17(23)21-14-7-9-15(10-8-14)24-18-19-11-4-12-20-18/h1-6,11-12,14-16,22H,7-10H2,(H,21,23)/t14?,15?,16-/m0/s1. The van der Waals surface area contributed by atoms with Gasteiger partial charge in [-0.05, 0) is 37.3 Å². The van der Waals surface area contributed by atoms with Crippen LogP contribution in [0.4, 0.5) is 0 Å². The van der Waals surface area contributed by atoms with Crippen LogP contribution in [0.15, 0.2) is 48.8 Å². The van der Waals surface area contributed by atoms with E-state index < -0.39 is 6.10 Å². The molecule has 1 aliphatic rings. The molecule has 2 aromatic rings. The lowest BCUT2D eigenvalue weighted by Gasteiger charge is -2.29. The van der Waals surface area contributed by atoms with Gasteiger partial charge >= 0.3 is 6.01 Å². The monoisotopic (exact) mass is 327 g/mol. The molecule has 0 aliphatic heterocycles. The first kappa shape index (κ1) is 16.4. The number of hydrogen-bond donors (Lipinski definition) is 2. The van der Waals surface area contributed by atoms with Crippen LogP contribution in [0.5, 0.6) is 6.01 Å². The molecule has 1 atom stereocenters. The molecule has 0 unspecified atom stereocenters. The molecular weight excluding hydrogens is 306 g/mol. The van der Waals surface area contributed by atoms with Gasteiger partial charge in [-0.15, -0.1) is 0 Å². The molecule has 24 heavy (non-hydrogen) atoms. The molecule has 0 radical (unpaired) electrons. The topological polar surface area (TPSA) is 84.3 Å². The van der Waals surface area contributed by atoms with Crippen LogP contribution in [0.3, 0.4) is 0 Å². The Morgan fingerprint density at radius 1 is 1.08 bits per heavy atom. The predicted molar refractivity (Wildman–Crippen MR) is 88.2 cm³/mol. The zero-order valence-electron chi connectivity index (χ0n) is 13.3. The molecule has 0 spiro atoms. The maximum absolute atomic E-state index is 12.2. The summed E-state index contributed by atoms with van der Waals surface area (Å²) in [6.07, 6.45) is 5.51. The van der Waals surface area contributed by atoms with Crippen LogP contribution in [-0.4, -0.2) is 33.1 Å². The molecule has 1 heterocycles. The van der Waals surface area contributed by atoms with Crippen LogP contribution in [0.25, 0.3) is 0 Å². The third-order valence-electron chi connectivity index (χ3n) is 4.20. The second-order valence-corrected chi connectivity index (χ2v) is 5.94. The number of nitrogens with zero attached hydrogens (tertiary/aromatic N) is 2. The summed E-state index contributed by atoms with van der Waals surface area (Å²) < 4.78 is 5.74. The van der Waals surface area contributed by atoms with Gasteiger partial charge in [0, 0.05) is 18.4 Å². The lowest BCUT2D eigenvalue weighted by Crippen LogP contribution is -2.41. The first-order chi connectivity index (χ1) is 11.7. The Morgan fingerprint density at radius 3 is 2.42 bits per heavy atom. The average molecular weight is 327 g/mol. The third-order valence-corrected chi connectivity index (χ3v) is 4.20. The van der Waals surface area contributed by atoms with Crippen molar-refractivity contribution in [1.29, 1.82) is 0 Å². The molecular formula is C18H21N3O3. The highest BCUT2D eigenvalue weighted by Gasteiger charge is 2.26. The molecule has 1 amide bonds. The van der Waals surface area contributed by atoms with E-state index in [1.807, 2.05) is 6.07 Å². The normalized spacial score (nSPS) is 21.7. The fourth-order valence-electron chi connectivity index (χ4n) is 2.89. The van der Waals surface area contributed by atoms with Crippen LogP contribution < -0.4 is 10.1 Å². The molecule has 6 heteroatoms. The Bertz CT molecular complexity index is 643. The number of amides is 1. The van der Waals surface area contributed by atoms with Crippen molar-refractivity contribution in [2.24, 2.45) is 0 Å². The minimum atomic E-state index is -1.13. The summed E-state index contributed by atoms with van der Waals surface area (Å²) in [5.74, 6) is -0.350. The Labute approximate surface area is 140 Å². The van der Waals surface area contributed by atoms with Crippen molar-refractivity contribution in [2.45, 2.75) is 43.9 Å². The minimum Gasteiger partial charge on any atom is -0.460 e. The van der Waals surface area contributed by atoms with E-state index in [1.54, 1.807) is 42.7 Å². The number of aliphatic hydroxyl groups excluding tert-OH is 1. The number of aliphatic hydroxyl groups is 1. The summed E-state index contributed by atoms with van der Waals surface area (Å²) >= 11 is 0. The van der Waals surface area contributed by atoms with E-state index in [1.165, 1.54) is 0 Å². The quantitative estimate of drug-likeness (QED) is 0.877. The molecule has 1 aliphatic carbocycles. The Kier molecular flexibility index (Phi) is 5.38. The van der Waals surface area contributed by atoms with Crippen molar-refractivity contribution in [3.8, 4) is 6.01 Å². The van der Waals surface area contributed by atoms with E-state index in [2.05, 4.69) is 15.3 Å². The first-order valence-corrected chi connectivity index (χ1v) is 8.19. The van der Waals surface area contributed by atoms with Gasteiger partial charge in [0.1, 0.15) is 6.10 Å². The van der Waals surface area contributed by atoms with Gasteiger partial charge < -0.3 is 15.2 Å². The molecule has 1 fully saturated rings. The number of aromatic nitrogens is 2. The number of carbonyl (C=O) groups excluding carboxylic acids is 1. The second-order valence-electron chi connectivity index (χ2n) is 5.94. The summed E-state index contributed by atoms with van der Waals surface area (Å²) in [5, 5.41) is 13.0. The molecule has 0 bridgehead atoms. The van der Waals surface area contributed by atoms with Gasteiger partial charge in [0.15, 0.2) is 6.10 Å². The van der Waals surface area contributed by atoms with Gasteiger partial charge in [-0.2, -0.15) is 0 Å². The van der Waals surface area contributed by atoms with Gasteiger partial charge in [-0.1, -0.05) is 30.3 Å².